The number of nitrogens with one attached hydrogen (secondary N) is 2. The maximum absolute atomic E-state index is 13.0. The molecule has 4 rings (SSSR count). The molecule has 0 fully saturated rings. The minimum absolute atomic E-state index is 0. The SMILES string of the molecule is Cl.O=S(=O)(Nc1cccc2c1CNCC2)c1cccc2ccccc12. The first-order valence-corrected chi connectivity index (χ1v) is 9.45. The Kier molecular flexibility index (Phi) is 4.99. The molecule has 1 heterocycles. The molecule has 130 valence electrons. The Morgan fingerprint density at radius 2 is 1.68 bits per heavy atom. The highest BCUT2D eigenvalue weighted by molar-refractivity contribution is 7.93. The molecule has 0 radical (unpaired) electrons. The highest BCUT2D eigenvalue weighted by Gasteiger charge is 2.20. The molecule has 0 amide bonds. The van der Waals surface area contributed by atoms with E-state index in [-0.39, 0.29) is 12.4 Å². The zero-order valence-corrected chi connectivity index (χ0v) is 15.2. The lowest BCUT2D eigenvalue weighted by atomic mass is 10.00. The van der Waals surface area contributed by atoms with Gasteiger partial charge in [-0.1, -0.05) is 48.5 Å². The third-order valence-electron chi connectivity index (χ3n) is 4.43. The molecule has 4 nitrogen and oxygen atoms in total. The monoisotopic (exact) mass is 374 g/mol. The molecule has 25 heavy (non-hydrogen) atoms. The maximum atomic E-state index is 13.0. The van der Waals surface area contributed by atoms with E-state index < -0.39 is 10.0 Å². The predicted octanol–water partition coefficient (Wildman–Crippen LogP) is 3.71. The summed E-state index contributed by atoms with van der Waals surface area (Å²) >= 11 is 0. The minimum Gasteiger partial charge on any atom is -0.312 e. The number of fused-ring (bicyclic) bond motifs is 2. The molecule has 1 aliphatic rings. The second-order valence-corrected chi connectivity index (χ2v) is 7.60. The van der Waals surface area contributed by atoms with Gasteiger partial charge in [0.15, 0.2) is 0 Å². The van der Waals surface area contributed by atoms with Crippen LogP contribution in [0.3, 0.4) is 0 Å². The van der Waals surface area contributed by atoms with Crippen molar-refractivity contribution in [1.82, 2.24) is 5.32 Å². The van der Waals surface area contributed by atoms with Crippen LogP contribution in [0.25, 0.3) is 10.8 Å². The average Bonchev–Trinajstić information content (AvgIpc) is 2.61. The first kappa shape index (κ1) is 17.7. The molecule has 3 aromatic carbocycles. The quantitative estimate of drug-likeness (QED) is 0.734. The predicted molar refractivity (Wildman–Crippen MR) is 104 cm³/mol. The van der Waals surface area contributed by atoms with Gasteiger partial charge in [-0.3, -0.25) is 4.72 Å². The van der Waals surface area contributed by atoms with Gasteiger partial charge in [-0.15, -0.1) is 12.4 Å². The van der Waals surface area contributed by atoms with Crippen LogP contribution in [0.4, 0.5) is 5.69 Å². The number of hydrogen-bond donors (Lipinski definition) is 2. The van der Waals surface area contributed by atoms with Gasteiger partial charge in [-0.05, 0) is 41.6 Å². The molecule has 6 heteroatoms. The van der Waals surface area contributed by atoms with Crippen LogP contribution in [-0.4, -0.2) is 15.0 Å². The fourth-order valence-electron chi connectivity index (χ4n) is 3.24. The van der Waals surface area contributed by atoms with E-state index >= 15 is 0 Å². The van der Waals surface area contributed by atoms with Gasteiger partial charge in [0.05, 0.1) is 10.6 Å². The van der Waals surface area contributed by atoms with Crippen molar-refractivity contribution in [2.45, 2.75) is 17.9 Å². The first-order valence-electron chi connectivity index (χ1n) is 7.97. The molecule has 0 bridgehead atoms. The van der Waals surface area contributed by atoms with E-state index in [1.54, 1.807) is 12.1 Å². The van der Waals surface area contributed by atoms with E-state index in [9.17, 15) is 8.42 Å². The first-order chi connectivity index (χ1) is 11.6. The lowest BCUT2D eigenvalue weighted by Crippen LogP contribution is -2.25. The topological polar surface area (TPSA) is 58.2 Å². The zero-order chi connectivity index (χ0) is 16.6. The van der Waals surface area contributed by atoms with E-state index in [0.717, 1.165) is 29.3 Å². The largest absolute Gasteiger partial charge is 0.312 e. The summed E-state index contributed by atoms with van der Waals surface area (Å²) in [5.41, 5.74) is 2.90. The van der Waals surface area contributed by atoms with Crippen LogP contribution in [-0.2, 0) is 23.0 Å². The molecule has 0 atom stereocenters. The van der Waals surface area contributed by atoms with Gasteiger partial charge in [-0.25, -0.2) is 8.42 Å². The lowest BCUT2D eigenvalue weighted by Gasteiger charge is -2.21. The van der Waals surface area contributed by atoms with Crippen LogP contribution in [0.1, 0.15) is 11.1 Å². The van der Waals surface area contributed by atoms with Gasteiger partial charge in [0.1, 0.15) is 0 Å². The van der Waals surface area contributed by atoms with Crippen molar-refractivity contribution in [3.63, 3.8) is 0 Å². The van der Waals surface area contributed by atoms with Crippen molar-refractivity contribution in [3.8, 4) is 0 Å². The Morgan fingerprint density at radius 3 is 2.56 bits per heavy atom. The summed E-state index contributed by atoms with van der Waals surface area (Å²) in [6, 6.07) is 18.7. The summed E-state index contributed by atoms with van der Waals surface area (Å²) in [4.78, 5) is 0.307. The summed E-state index contributed by atoms with van der Waals surface area (Å²) in [5, 5.41) is 4.95. The van der Waals surface area contributed by atoms with Gasteiger partial charge in [0.25, 0.3) is 10.0 Å². The van der Waals surface area contributed by atoms with Crippen molar-refractivity contribution in [2.24, 2.45) is 0 Å². The molecule has 0 aliphatic carbocycles. The highest BCUT2D eigenvalue weighted by Crippen LogP contribution is 2.28. The van der Waals surface area contributed by atoms with E-state index in [4.69, 9.17) is 0 Å². The standard InChI is InChI=1S/C19H18N2O2S.ClH/c22-24(23,19-10-4-7-14-5-1-2-8-16(14)19)21-18-9-3-6-15-11-12-20-13-17(15)18;/h1-10,20-21H,11-13H2;1H. The average molecular weight is 375 g/mol. The molecule has 0 saturated heterocycles. The van der Waals surface area contributed by atoms with E-state index in [1.165, 1.54) is 5.56 Å². The molecule has 2 N–H and O–H groups in total. The van der Waals surface area contributed by atoms with Crippen LogP contribution in [0.5, 0.6) is 0 Å². The third-order valence-corrected chi connectivity index (χ3v) is 5.85. The zero-order valence-electron chi connectivity index (χ0n) is 13.5. The van der Waals surface area contributed by atoms with Crippen molar-refractivity contribution < 1.29 is 8.42 Å². The van der Waals surface area contributed by atoms with Gasteiger partial charge >= 0.3 is 0 Å². The van der Waals surface area contributed by atoms with Gasteiger partial charge in [-0.2, -0.15) is 0 Å². The van der Waals surface area contributed by atoms with Gasteiger partial charge in [0.2, 0.25) is 0 Å². The molecule has 3 aromatic rings. The van der Waals surface area contributed by atoms with Crippen LogP contribution in [0, 0.1) is 0 Å². The van der Waals surface area contributed by atoms with E-state index in [2.05, 4.69) is 16.1 Å². The summed E-state index contributed by atoms with van der Waals surface area (Å²) in [6.07, 6.45) is 0.916. The summed E-state index contributed by atoms with van der Waals surface area (Å²) < 4.78 is 28.7. The van der Waals surface area contributed by atoms with E-state index in [1.807, 2.05) is 42.5 Å². The summed E-state index contributed by atoms with van der Waals surface area (Å²) in [6.45, 7) is 1.61. The molecule has 0 saturated carbocycles. The normalized spacial score (nSPS) is 13.8. The summed E-state index contributed by atoms with van der Waals surface area (Å²) in [7, 11) is -3.65. The van der Waals surface area contributed by atoms with Crippen molar-refractivity contribution in [2.75, 3.05) is 11.3 Å². The minimum atomic E-state index is -3.65. The van der Waals surface area contributed by atoms with Crippen LogP contribution in [0.2, 0.25) is 0 Å². The van der Waals surface area contributed by atoms with Crippen molar-refractivity contribution in [1.29, 1.82) is 0 Å². The number of hydrogen-bond acceptors (Lipinski definition) is 3. The number of benzene rings is 3. The Hall–Kier alpha value is -2.08. The maximum Gasteiger partial charge on any atom is 0.262 e. The smallest absolute Gasteiger partial charge is 0.262 e. The lowest BCUT2D eigenvalue weighted by molar-refractivity contribution is 0.601. The second kappa shape index (κ2) is 7.04. The Morgan fingerprint density at radius 1 is 0.920 bits per heavy atom. The van der Waals surface area contributed by atoms with E-state index in [0.29, 0.717) is 17.1 Å². The fraction of sp³-hybridized carbons (Fsp3) is 0.158. The number of sulfonamides is 1. The molecule has 0 spiro atoms. The molecule has 0 aromatic heterocycles. The molecule has 0 unspecified atom stereocenters. The fourth-order valence-corrected chi connectivity index (χ4v) is 4.56. The Balaban J connectivity index is 0.00000182. The van der Waals surface area contributed by atoms with Crippen LogP contribution < -0.4 is 10.0 Å². The van der Waals surface area contributed by atoms with Gasteiger partial charge < -0.3 is 5.32 Å². The van der Waals surface area contributed by atoms with Gasteiger partial charge in [0, 0.05) is 11.9 Å². The third kappa shape index (κ3) is 3.35. The summed E-state index contributed by atoms with van der Waals surface area (Å²) in [5.74, 6) is 0. The van der Waals surface area contributed by atoms with Crippen LogP contribution in [0.15, 0.2) is 65.6 Å². The Labute approximate surface area is 153 Å². The van der Waals surface area contributed by atoms with Crippen molar-refractivity contribution in [3.05, 3.63) is 71.8 Å². The highest BCUT2D eigenvalue weighted by atomic mass is 35.5. The Bertz CT molecular complexity index is 1010. The van der Waals surface area contributed by atoms with Crippen molar-refractivity contribution >= 4 is 38.9 Å². The number of anilines is 1. The molecule has 1 aliphatic heterocycles. The second-order valence-electron chi connectivity index (χ2n) is 5.95. The van der Waals surface area contributed by atoms with Crippen LogP contribution >= 0.6 is 12.4 Å². The molecular formula is C19H19ClN2O2S. The number of halogens is 1. The number of rotatable bonds is 3. The molecular weight excluding hydrogens is 356 g/mol.